The Kier molecular flexibility index (Phi) is 4.68. The van der Waals surface area contributed by atoms with Gasteiger partial charge in [0.2, 0.25) is 0 Å². The lowest BCUT2D eigenvalue weighted by Gasteiger charge is -2.39. The molecule has 1 aliphatic carbocycles. The van der Waals surface area contributed by atoms with E-state index in [-0.39, 0.29) is 10.1 Å². The molecule has 8 heteroatoms. The van der Waals surface area contributed by atoms with E-state index in [4.69, 9.17) is 11.6 Å². The van der Waals surface area contributed by atoms with Crippen molar-refractivity contribution in [3.05, 3.63) is 16.0 Å². The van der Waals surface area contributed by atoms with E-state index in [9.17, 15) is 18.3 Å². The van der Waals surface area contributed by atoms with Crippen molar-refractivity contribution in [2.45, 2.75) is 49.3 Å². The zero-order valence-electron chi connectivity index (χ0n) is 11.8. The number of nitrogens with one attached hydrogen (secondary N) is 1. The summed E-state index contributed by atoms with van der Waals surface area (Å²) in [7, 11) is -3.89. The summed E-state index contributed by atoms with van der Waals surface area (Å²) in [5.41, 5.74) is -0.760. The molecule has 0 aliphatic heterocycles. The van der Waals surface area contributed by atoms with E-state index < -0.39 is 21.5 Å². The van der Waals surface area contributed by atoms with Crippen LogP contribution in [0.3, 0.4) is 0 Å². The van der Waals surface area contributed by atoms with Gasteiger partial charge in [-0.1, -0.05) is 31.4 Å². The van der Waals surface area contributed by atoms with Crippen molar-refractivity contribution in [2.24, 2.45) is 5.92 Å². The van der Waals surface area contributed by atoms with Crippen LogP contribution in [-0.2, 0) is 14.8 Å². The second kappa shape index (κ2) is 5.87. The third kappa shape index (κ3) is 3.11. The lowest BCUT2D eigenvalue weighted by Crippen LogP contribution is -2.59. The lowest BCUT2D eigenvalue weighted by atomic mass is 9.74. The van der Waals surface area contributed by atoms with Crippen LogP contribution < -0.4 is 4.72 Å². The quantitative estimate of drug-likeness (QED) is 0.873. The molecule has 2 N–H and O–H groups in total. The number of carboxylic acid groups (broad SMARTS) is 1. The summed E-state index contributed by atoms with van der Waals surface area (Å²) in [5.74, 6) is -1.37. The second-order valence-electron chi connectivity index (χ2n) is 5.55. The van der Waals surface area contributed by atoms with Gasteiger partial charge in [0.25, 0.3) is 10.0 Å². The smallest absolute Gasteiger partial charge is 0.325 e. The van der Waals surface area contributed by atoms with Gasteiger partial charge >= 0.3 is 5.97 Å². The van der Waals surface area contributed by atoms with E-state index >= 15 is 0 Å². The molecule has 2 unspecified atom stereocenters. The van der Waals surface area contributed by atoms with Gasteiger partial charge in [-0.15, -0.1) is 11.3 Å². The number of rotatable bonds is 4. The molecule has 1 aliphatic rings. The Morgan fingerprint density at radius 2 is 2.19 bits per heavy atom. The first-order chi connectivity index (χ1) is 9.69. The molecule has 0 radical (unpaired) electrons. The maximum absolute atomic E-state index is 12.5. The van der Waals surface area contributed by atoms with Crippen molar-refractivity contribution >= 4 is 38.9 Å². The molecule has 2 rings (SSSR count). The van der Waals surface area contributed by atoms with Gasteiger partial charge in [-0.05, 0) is 37.3 Å². The molecule has 118 valence electrons. The van der Waals surface area contributed by atoms with E-state index in [1.165, 1.54) is 6.07 Å². The largest absolute Gasteiger partial charge is 0.480 e. The summed E-state index contributed by atoms with van der Waals surface area (Å²) in [6, 6.07) is 1.47. The van der Waals surface area contributed by atoms with Crippen LogP contribution in [-0.4, -0.2) is 25.0 Å². The number of hydrogen-bond donors (Lipinski definition) is 2. The molecule has 2 atom stereocenters. The van der Waals surface area contributed by atoms with Crippen molar-refractivity contribution in [1.29, 1.82) is 0 Å². The average Bonchev–Trinajstić information content (AvgIpc) is 2.73. The standard InChI is InChI=1S/C13H18ClNO4S2/c1-8-7-10(20-11(8)14)21(18,19)15-13(12(16)17)6-4-3-5-9(13)2/h7,9,15H,3-6H2,1-2H3,(H,16,17). The molecule has 21 heavy (non-hydrogen) atoms. The Hall–Kier alpha value is -0.630. The molecule has 1 heterocycles. The minimum atomic E-state index is -3.89. The first-order valence-electron chi connectivity index (χ1n) is 6.72. The summed E-state index contributed by atoms with van der Waals surface area (Å²) in [5, 5.41) is 9.58. The first kappa shape index (κ1) is 16.7. The third-order valence-electron chi connectivity index (χ3n) is 4.10. The molecule has 0 amide bonds. The second-order valence-corrected chi connectivity index (χ2v) is 9.11. The molecule has 1 aromatic rings. The first-order valence-corrected chi connectivity index (χ1v) is 9.40. The fourth-order valence-corrected chi connectivity index (χ4v) is 5.90. The minimum Gasteiger partial charge on any atom is -0.480 e. The van der Waals surface area contributed by atoms with Crippen LogP contribution in [0.4, 0.5) is 0 Å². The molecule has 0 bridgehead atoms. The van der Waals surface area contributed by atoms with Gasteiger partial charge < -0.3 is 5.11 Å². The van der Waals surface area contributed by atoms with Crippen molar-refractivity contribution in [2.75, 3.05) is 0 Å². The maximum atomic E-state index is 12.5. The van der Waals surface area contributed by atoms with Crippen molar-refractivity contribution in [1.82, 2.24) is 4.72 Å². The van der Waals surface area contributed by atoms with Gasteiger partial charge in [-0.25, -0.2) is 8.42 Å². The van der Waals surface area contributed by atoms with Crippen LogP contribution >= 0.6 is 22.9 Å². The molecule has 1 fully saturated rings. The fourth-order valence-electron chi connectivity index (χ4n) is 2.71. The van der Waals surface area contributed by atoms with Gasteiger partial charge in [-0.3, -0.25) is 4.79 Å². The topological polar surface area (TPSA) is 83.5 Å². The summed E-state index contributed by atoms with van der Waals surface area (Å²) in [4.78, 5) is 11.7. The molecule has 0 spiro atoms. The van der Waals surface area contributed by atoms with Crippen LogP contribution in [0, 0.1) is 12.8 Å². The predicted octanol–water partition coefficient (Wildman–Crippen LogP) is 3.02. The average molecular weight is 352 g/mol. The van der Waals surface area contributed by atoms with Crippen LogP contribution in [0.1, 0.15) is 38.2 Å². The van der Waals surface area contributed by atoms with E-state index in [0.29, 0.717) is 29.2 Å². The lowest BCUT2D eigenvalue weighted by molar-refractivity contribution is -0.147. The van der Waals surface area contributed by atoms with E-state index in [0.717, 1.165) is 17.8 Å². The van der Waals surface area contributed by atoms with Crippen molar-refractivity contribution in [3.8, 4) is 0 Å². The summed E-state index contributed by atoms with van der Waals surface area (Å²) >= 11 is 6.86. The molecular formula is C13H18ClNO4S2. The number of carboxylic acids is 1. The van der Waals surface area contributed by atoms with Gasteiger partial charge in [-0.2, -0.15) is 4.72 Å². The number of hydrogen-bond acceptors (Lipinski definition) is 4. The molecular weight excluding hydrogens is 334 g/mol. The SMILES string of the molecule is Cc1cc(S(=O)(=O)NC2(C(=O)O)CCCCC2C)sc1Cl. The highest BCUT2D eigenvalue weighted by Crippen LogP contribution is 2.37. The number of thiophene rings is 1. The summed E-state index contributed by atoms with van der Waals surface area (Å²) < 4.78 is 27.9. The number of aliphatic carboxylic acids is 1. The molecule has 5 nitrogen and oxygen atoms in total. The fraction of sp³-hybridized carbons (Fsp3) is 0.615. The Bertz CT molecular complexity index is 636. The van der Waals surface area contributed by atoms with Crippen LogP contribution in [0.5, 0.6) is 0 Å². The highest BCUT2D eigenvalue weighted by Gasteiger charge is 2.48. The third-order valence-corrected chi connectivity index (χ3v) is 7.64. The zero-order valence-corrected chi connectivity index (χ0v) is 14.2. The highest BCUT2D eigenvalue weighted by molar-refractivity contribution is 7.91. The molecule has 1 aromatic heterocycles. The molecule has 1 saturated carbocycles. The Morgan fingerprint density at radius 3 is 2.67 bits per heavy atom. The monoisotopic (exact) mass is 351 g/mol. The zero-order chi connectivity index (χ0) is 15.8. The van der Waals surface area contributed by atoms with Gasteiger partial charge in [0.05, 0.1) is 4.34 Å². The highest BCUT2D eigenvalue weighted by atomic mass is 35.5. The Labute approximate surface area is 133 Å². The number of carbonyl (C=O) groups is 1. The van der Waals surface area contributed by atoms with Gasteiger partial charge in [0, 0.05) is 0 Å². The number of aryl methyl sites for hydroxylation is 1. The predicted molar refractivity (Wildman–Crippen MR) is 82.4 cm³/mol. The van der Waals surface area contributed by atoms with Crippen molar-refractivity contribution in [3.63, 3.8) is 0 Å². The van der Waals surface area contributed by atoms with Crippen molar-refractivity contribution < 1.29 is 18.3 Å². The molecule has 0 aromatic carbocycles. The van der Waals surface area contributed by atoms with E-state index in [2.05, 4.69) is 4.72 Å². The normalized spacial score (nSPS) is 26.7. The Balaban J connectivity index is 2.38. The number of sulfonamides is 1. The van der Waals surface area contributed by atoms with E-state index in [1.807, 2.05) is 0 Å². The maximum Gasteiger partial charge on any atom is 0.325 e. The van der Waals surface area contributed by atoms with Crippen LogP contribution in [0.25, 0.3) is 0 Å². The number of halogens is 1. The minimum absolute atomic E-state index is 0.0587. The summed E-state index contributed by atoms with van der Waals surface area (Å²) in [6.07, 6.45) is 2.62. The van der Waals surface area contributed by atoms with Gasteiger partial charge in [0.15, 0.2) is 0 Å². The van der Waals surface area contributed by atoms with Crippen LogP contribution in [0.15, 0.2) is 10.3 Å². The van der Waals surface area contributed by atoms with Crippen LogP contribution in [0.2, 0.25) is 4.34 Å². The molecule has 0 saturated heterocycles. The summed E-state index contributed by atoms with van der Waals surface area (Å²) in [6.45, 7) is 3.50. The van der Waals surface area contributed by atoms with Gasteiger partial charge in [0.1, 0.15) is 9.75 Å². The Morgan fingerprint density at radius 1 is 1.52 bits per heavy atom. The van der Waals surface area contributed by atoms with E-state index in [1.54, 1.807) is 13.8 Å².